The van der Waals surface area contributed by atoms with Crippen LogP contribution in [0.2, 0.25) is 5.02 Å². The summed E-state index contributed by atoms with van der Waals surface area (Å²) in [5.41, 5.74) is 6.50. The molecule has 2 N–H and O–H groups in total. The van der Waals surface area contributed by atoms with Crippen molar-refractivity contribution in [2.75, 3.05) is 23.8 Å². The summed E-state index contributed by atoms with van der Waals surface area (Å²) in [7, 11) is 0. The molecule has 3 heterocycles. The Kier molecular flexibility index (Phi) is 5.07. The highest BCUT2D eigenvalue weighted by atomic mass is 35.5. The van der Waals surface area contributed by atoms with E-state index in [1.165, 1.54) is 29.8 Å². The maximum Gasteiger partial charge on any atom is 0.267 e. The van der Waals surface area contributed by atoms with Crippen LogP contribution in [0.15, 0.2) is 36.8 Å². The second-order valence-electron chi connectivity index (χ2n) is 7.53. The molecule has 0 saturated carbocycles. The highest BCUT2D eigenvalue weighted by Crippen LogP contribution is 2.33. The molecule has 30 heavy (non-hydrogen) atoms. The number of benzene rings is 1. The second-order valence-corrected chi connectivity index (χ2v) is 7.93. The quantitative estimate of drug-likeness (QED) is 0.681. The number of aromatic nitrogens is 4. The van der Waals surface area contributed by atoms with Crippen molar-refractivity contribution in [3.8, 4) is 17.1 Å². The van der Waals surface area contributed by atoms with Crippen LogP contribution in [0.4, 0.5) is 15.9 Å². The summed E-state index contributed by atoms with van der Waals surface area (Å²) in [6.07, 6.45) is 2.96. The van der Waals surface area contributed by atoms with E-state index < -0.39 is 5.67 Å². The number of rotatable bonds is 4. The van der Waals surface area contributed by atoms with E-state index in [0.717, 1.165) is 0 Å². The molecule has 3 aromatic rings. The van der Waals surface area contributed by atoms with Gasteiger partial charge < -0.3 is 15.4 Å². The lowest BCUT2D eigenvalue weighted by Gasteiger charge is -2.21. The third-order valence-electron chi connectivity index (χ3n) is 4.57. The molecule has 1 amide bonds. The monoisotopic (exact) mass is 430 g/mol. The van der Waals surface area contributed by atoms with Gasteiger partial charge >= 0.3 is 0 Å². The van der Waals surface area contributed by atoms with Crippen molar-refractivity contribution >= 4 is 29.0 Å². The van der Waals surface area contributed by atoms with Gasteiger partial charge in [-0.1, -0.05) is 11.6 Å². The first kappa shape index (κ1) is 20.1. The average molecular weight is 431 g/mol. The van der Waals surface area contributed by atoms with Crippen LogP contribution in [0.1, 0.15) is 24.2 Å². The zero-order chi connectivity index (χ0) is 21.5. The second kappa shape index (κ2) is 7.56. The van der Waals surface area contributed by atoms with E-state index in [1.807, 2.05) is 0 Å². The van der Waals surface area contributed by atoms with Crippen LogP contribution in [0.25, 0.3) is 11.3 Å². The van der Waals surface area contributed by atoms with Gasteiger partial charge in [-0.05, 0) is 38.1 Å². The fourth-order valence-corrected chi connectivity index (χ4v) is 3.54. The summed E-state index contributed by atoms with van der Waals surface area (Å²) in [6.45, 7) is 3.67. The van der Waals surface area contributed by atoms with E-state index in [2.05, 4.69) is 15.1 Å². The van der Waals surface area contributed by atoms with Gasteiger partial charge in [0.25, 0.3) is 5.91 Å². The van der Waals surface area contributed by atoms with Crippen LogP contribution in [-0.4, -0.2) is 44.5 Å². The van der Waals surface area contributed by atoms with Crippen molar-refractivity contribution < 1.29 is 13.9 Å². The molecular weight excluding hydrogens is 411 g/mol. The molecule has 0 saturated heterocycles. The molecule has 156 valence electrons. The minimum Gasteiger partial charge on any atom is -0.475 e. The van der Waals surface area contributed by atoms with E-state index in [1.54, 1.807) is 30.5 Å². The molecule has 0 unspecified atom stereocenters. The molecule has 0 bridgehead atoms. The van der Waals surface area contributed by atoms with Gasteiger partial charge in [0.2, 0.25) is 5.88 Å². The van der Waals surface area contributed by atoms with Crippen molar-refractivity contribution in [3.63, 3.8) is 0 Å². The number of anilines is 2. The Labute approximate surface area is 177 Å². The van der Waals surface area contributed by atoms with Crippen LogP contribution >= 0.6 is 11.6 Å². The average Bonchev–Trinajstić information content (AvgIpc) is 3.03. The van der Waals surface area contributed by atoms with Crippen molar-refractivity contribution in [2.24, 2.45) is 0 Å². The van der Waals surface area contributed by atoms with Gasteiger partial charge in [0.1, 0.15) is 30.0 Å². The predicted octanol–water partition coefficient (Wildman–Crippen LogP) is 3.36. The zero-order valence-electron chi connectivity index (χ0n) is 16.5. The molecular formula is C20H20ClFN6O2. The van der Waals surface area contributed by atoms with Gasteiger partial charge in [-0.3, -0.25) is 9.48 Å². The lowest BCUT2D eigenvalue weighted by Crippen LogP contribution is -2.32. The van der Waals surface area contributed by atoms with Gasteiger partial charge in [-0.15, -0.1) is 0 Å². The first-order chi connectivity index (χ1) is 14.2. The molecule has 4 rings (SSSR count). The zero-order valence-corrected chi connectivity index (χ0v) is 17.2. The maximum atomic E-state index is 13.9. The molecule has 0 aliphatic carbocycles. The minimum absolute atomic E-state index is 0.0564. The van der Waals surface area contributed by atoms with Gasteiger partial charge in [0, 0.05) is 17.4 Å². The first-order valence-electron chi connectivity index (χ1n) is 9.30. The Hall–Kier alpha value is -3.20. The number of hydrogen-bond acceptors (Lipinski definition) is 6. The number of nitrogens with zero attached hydrogens (tertiary/aromatic N) is 5. The van der Waals surface area contributed by atoms with Gasteiger partial charge in [-0.25, -0.2) is 14.4 Å². The largest absolute Gasteiger partial charge is 0.475 e. The van der Waals surface area contributed by atoms with E-state index in [0.29, 0.717) is 28.5 Å². The summed E-state index contributed by atoms with van der Waals surface area (Å²) in [5, 5.41) is 4.81. The van der Waals surface area contributed by atoms with Gasteiger partial charge in [-0.2, -0.15) is 5.10 Å². The molecule has 2 aromatic heterocycles. The minimum atomic E-state index is -1.38. The number of carbonyl (C=O) groups excluding carboxylic acids is 1. The number of fused-ring (bicyclic) bond motifs is 1. The third-order valence-corrected chi connectivity index (χ3v) is 4.89. The van der Waals surface area contributed by atoms with Crippen LogP contribution in [0.5, 0.6) is 5.88 Å². The Bertz CT molecular complexity index is 1110. The van der Waals surface area contributed by atoms with Crippen LogP contribution in [0.3, 0.4) is 0 Å². The van der Waals surface area contributed by atoms with Crippen molar-refractivity contribution in [3.05, 3.63) is 47.4 Å². The fraction of sp³-hybridized carbons (Fsp3) is 0.300. The number of alkyl halides is 1. The number of halogens is 2. The molecule has 8 nitrogen and oxygen atoms in total. The Morgan fingerprint density at radius 1 is 1.30 bits per heavy atom. The van der Waals surface area contributed by atoms with Crippen LogP contribution in [-0.2, 0) is 6.54 Å². The Morgan fingerprint density at radius 2 is 2.10 bits per heavy atom. The third kappa shape index (κ3) is 3.93. The van der Waals surface area contributed by atoms with E-state index in [4.69, 9.17) is 22.1 Å². The molecule has 0 radical (unpaired) electrons. The number of hydrogen-bond donors (Lipinski definition) is 1. The van der Waals surface area contributed by atoms with Gasteiger partial charge in [0.05, 0.1) is 23.8 Å². The van der Waals surface area contributed by atoms with E-state index >= 15 is 0 Å². The molecule has 10 heteroatoms. The predicted molar refractivity (Wildman–Crippen MR) is 111 cm³/mol. The first-order valence-corrected chi connectivity index (χ1v) is 9.68. The molecule has 0 atom stereocenters. The highest BCUT2D eigenvalue weighted by molar-refractivity contribution is 6.33. The highest BCUT2D eigenvalue weighted by Gasteiger charge is 2.29. The lowest BCUT2D eigenvalue weighted by atomic mass is 10.1. The summed E-state index contributed by atoms with van der Waals surface area (Å²) >= 11 is 6.50. The van der Waals surface area contributed by atoms with Crippen molar-refractivity contribution in [1.29, 1.82) is 0 Å². The van der Waals surface area contributed by atoms with Crippen molar-refractivity contribution in [2.45, 2.75) is 26.1 Å². The Balaban J connectivity index is 1.64. The summed E-state index contributed by atoms with van der Waals surface area (Å²) in [5.74, 6) is -0.140. The number of nitrogens with two attached hydrogens (primary N) is 1. The molecule has 1 aromatic carbocycles. The maximum absolute atomic E-state index is 13.9. The normalized spacial score (nSPS) is 14.3. The summed E-state index contributed by atoms with van der Waals surface area (Å²) < 4.78 is 21.0. The number of carbonyl (C=O) groups is 1. The topological polar surface area (TPSA) is 99.2 Å². The number of nitrogen functional groups attached to an aromatic ring is 1. The summed E-state index contributed by atoms with van der Waals surface area (Å²) in [4.78, 5) is 22.5. The number of amides is 1. The molecule has 1 aliphatic heterocycles. The number of ether oxygens (including phenoxy) is 1. The van der Waals surface area contributed by atoms with E-state index in [-0.39, 0.29) is 36.3 Å². The fourth-order valence-electron chi connectivity index (χ4n) is 3.27. The van der Waals surface area contributed by atoms with Crippen LogP contribution in [0, 0.1) is 0 Å². The smallest absolute Gasteiger partial charge is 0.267 e. The molecule has 0 spiro atoms. The standard InChI is InChI=1S/C20H20ClFN6O2/c1-20(2,22)10-27-6-5-15(26-27)13-4-3-12(9-14(13)21)28-7-8-30-18-16(19(28)29)17(23)24-11-25-18/h3-6,9,11H,7-8,10H2,1-2H3,(H2,23,24,25). The Morgan fingerprint density at radius 3 is 2.83 bits per heavy atom. The lowest BCUT2D eigenvalue weighted by molar-refractivity contribution is 0.0990. The van der Waals surface area contributed by atoms with Crippen molar-refractivity contribution in [1.82, 2.24) is 19.7 Å². The molecule has 0 fully saturated rings. The van der Waals surface area contributed by atoms with Gasteiger partial charge in [0.15, 0.2) is 0 Å². The van der Waals surface area contributed by atoms with E-state index in [9.17, 15) is 9.18 Å². The van der Waals surface area contributed by atoms with Crippen LogP contribution < -0.4 is 15.4 Å². The summed E-state index contributed by atoms with van der Waals surface area (Å²) in [6, 6.07) is 6.99. The molecule has 1 aliphatic rings. The SMILES string of the molecule is CC(C)(F)Cn1ccc(-c2ccc(N3CCOc4ncnc(N)c4C3=O)cc2Cl)n1.